The number of carboxylic acid groups (broad SMARTS) is 1. The van der Waals surface area contributed by atoms with Crippen LogP contribution >= 0.6 is 0 Å². The van der Waals surface area contributed by atoms with Crippen molar-refractivity contribution in [1.82, 2.24) is 15.1 Å². The van der Waals surface area contributed by atoms with E-state index in [-0.39, 0.29) is 24.2 Å². The number of fused-ring (bicyclic) bond motifs is 2. The monoisotopic (exact) mass is 307 g/mol. The van der Waals surface area contributed by atoms with Crippen LogP contribution in [0.3, 0.4) is 0 Å². The first kappa shape index (κ1) is 15.0. The number of carbonyl (C=O) groups excluding carboxylic acids is 1. The molecular formula is C15H21N3O4. The molecule has 2 aliphatic heterocycles. The lowest BCUT2D eigenvalue weighted by molar-refractivity contribution is -0.148. The number of hydrogen-bond acceptors (Lipinski definition) is 4. The van der Waals surface area contributed by atoms with E-state index in [1.165, 1.54) is 0 Å². The van der Waals surface area contributed by atoms with Crippen molar-refractivity contribution < 1.29 is 19.4 Å². The van der Waals surface area contributed by atoms with Crippen LogP contribution in [0.15, 0.2) is 6.20 Å². The predicted molar refractivity (Wildman–Crippen MR) is 77.0 cm³/mol. The molecule has 2 aliphatic rings. The molecule has 0 spiro atoms. The van der Waals surface area contributed by atoms with Crippen molar-refractivity contribution in [3.05, 3.63) is 17.5 Å². The maximum Gasteiger partial charge on any atom is 0.310 e. The molecule has 0 radical (unpaired) electrons. The number of ether oxygens (including phenoxy) is 1. The number of aliphatic carboxylic acids is 1. The third kappa shape index (κ3) is 2.29. The highest BCUT2D eigenvalue weighted by atomic mass is 16.5. The van der Waals surface area contributed by atoms with Crippen LogP contribution in [0.4, 0.5) is 0 Å². The summed E-state index contributed by atoms with van der Waals surface area (Å²) in [5, 5.41) is 16.5. The van der Waals surface area contributed by atoms with E-state index in [0.717, 1.165) is 24.1 Å². The van der Waals surface area contributed by atoms with Gasteiger partial charge in [-0.2, -0.15) is 5.10 Å². The summed E-state index contributed by atoms with van der Waals surface area (Å²) in [7, 11) is 1.84. The maximum absolute atomic E-state index is 12.6. The molecule has 2 N–H and O–H groups in total. The minimum atomic E-state index is -0.947. The van der Waals surface area contributed by atoms with Crippen molar-refractivity contribution in [2.75, 3.05) is 0 Å². The molecule has 0 aliphatic carbocycles. The Morgan fingerprint density at radius 3 is 2.59 bits per heavy atom. The van der Waals surface area contributed by atoms with Gasteiger partial charge >= 0.3 is 5.97 Å². The van der Waals surface area contributed by atoms with Crippen molar-refractivity contribution in [2.45, 2.75) is 44.9 Å². The predicted octanol–water partition coefficient (Wildman–Crippen LogP) is 0.784. The van der Waals surface area contributed by atoms with Gasteiger partial charge in [0.1, 0.15) is 0 Å². The average molecular weight is 307 g/mol. The number of nitrogens with one attached hydrogen (secondary N) is 1. The number of rotatable bonds is 4. The van der Waals surface area contributed by atoms with Crippen molar-refractivity contribution in [3.8, 4) is 0 Å². The Balaban J connectivity index is 1.74. The number of carboxylic acids is 1. The topological polar surface area (TPSA) is 93.5 Å². The SMILES string of the molecule is Cc1c([C@H](C)NC(=O)[C@H]2[C@H](C(=O)O)[C@H]3CC[C@H]2O3)cnn1C. The number of carbonyl (C=O) groups is 2. The van der Waals surface area contributed by atoms with Gasteiger partial charge in [0.15, 0.2) is 0 Å². The fourth-order valence-corrected chi connectivity index (χ4v) is 3.65. The Bertz CT molecular complexity index is 612. The van der Waals surface area contributed by atoms with Crippen LogP contribution in [0.25, 0.3) is 0 Å². The van der Waals surface area contributed by atoms with Crippen LogP contribution in [-0.2, 0) is 21.4 Å². The van der Waals surface area contributed by atoms with Gasteiger partial charge in [-0.15, -0.1) is 0 Å². The molecule has 0 saturated carbocycles. The van der Waals surface area contributed by atoms with Gasteiger partial charge in [-0.25, -0.2) is 0 Å². The fraction of sp³-hybridized carbons (Fsp3) is 0.667. The third-order valence-electron chi connectivity index (χ3n) is 4.96. The van der Waals surface area contributed by atoms with Gasteiger partial charge in [-0.1, -0.05) is 0 Å². The Morgan fingerprint density at radius 2 is 2.05 bits per heavy atom. The molecule has 22 heavy (non-hydrogen) atoms. The van der Waals surface area contributed by atoms with Crippen LogP contribution < -0.4 is 5.32 Å². The molecular weight excluding hydrogens is 286 g/mol. The van der Waals surface area contributed by atoms with Gasteiger partial charge in [-0.05, 0) is 26.7 Å². The standard InChI is InChI=1S/C15H21N3O4/c1-7(9-6-16-18(3)8(9)2)17-14(19)12-10-4-5-11(22-10)13(12)15(20)21/h6-7,10-13H,4-5H2,1-3H3,(H,17,19)(H,20,21)/t7-,10+,11+,12+,13+/m0/s1. The molecule has 120 valence electrons. The summed E-state index contributed by atoms with van der Waals surface area (Å²) in [6.07, 6.45) is 2.61. The lowest BCUT2D eigenvalue weighted by Crippen LogP contribution is -2.44. The largest absolute Gasteiger partial charge is 0.481 e. The molecule has 7 nitrogen and oxygen atoms in total. The van der Waals surface area contributed by atoms with E-state index < -0.39 is 17.8 Å². The van der Waals surface area contributed by atoms with E-state index in [1.54, 1.807) is 10.9 Å². The van der Waals surface area contributed by atoms with Gasteiger partial charge in [0.25, 0.3) is 0 Å². The Morgan fingerprint density at radius 1 is 1.41 bits per heavy atom. The lowest BCUT2D eigenvalue weighted by Gasteiger charge is -2.25. The molecule has 2 fully saturated rings. The summed E-state index contributed by atoms with van der Waals surface area (Å²) in [4.78, 5) is 24.0. The zero-order chi connectivity index (χ0) is 16.0. The van der Waals surface area contributed by atoms with Gasteiger partial charge in [0, 0.05) is 18.3 Å². The molecule has 3 rings (SSSR count). The second-order valence-corrected chi connectivity index (χ2v) is 6.22. The molecule has 0 aromatic carbocycles. The number of hydrogen-bond donors (Lipinski definition) is 2. The highest BCUT2D eigenvalue weighted by Crippen LogP contribution is 2.43. The normalized spacial score (nSPS) is 31.2. The summed E-state index contributed by atoms with van der Waals surface area (Å²) in [5.41, 5.74) is 1.92. The fourth-order valence-electron chi connectivity index (χ4n) is 3.65. The highest BCUT2D eigenvalue weighted by Gasteiger charge is 2.55. The molecule has 1 aromatic rings. The second-order valence-electron chi connectivity index (χ2n) is 6.22. The summed E-state index contributed by atoms with van der Waals surface area (Å²) >= 11 is 0. The van der Waals surface area contributed by atoms with Crippen molar-refractivity contribution in [1.29, 1.82) is 0 Å². The zero-order valence-corrected chi connectivity index (χ0v) is 12.9. The number of aromatic nitrogens is 2. The zero-order valence-electron chi connectivity index (χ0n) is 12.9. The first-order chi connectivity index (χ1) is 10.4. The van der Waals surface area contributed by atoms with Crippen LogP contribution in [0.2, 0.25) is 0 Å². The molecule has 2 saturated heterocycles. The molecule has 3 heterocycles. The molecule has 2 bridgehead atoms. The highest BCUT2D eigenvalue weighted by molar-refractivity contribution is 5.86. The van der Waals surface area contributed by atoms with Gasteiger partial charge in [0.05, 0.1) is 36.3 Å². The van der Waals surface area contributed by atoms with Crippen LogP contribution in [-0.4, -0.2) is 39.0 Å². The van der Waals surface area contributed by atoms with Crippen molar-refractivity contribution >= 4 is 11.9 Å². The quantitative estimate of drug-likeness (QED) is 0.857. The van der Waals surface area contributed by atoms with E-state index in [1.807, 2.05) is 20.9 Å². The first-order valence-corrected chi connectivity index (χ1v) is 7.57. The number of amides is 1. The minimum Gasteiger partial charge on any atom is -0.481 e. The van der Waals surface area contributed by atoms with Crippen molar-refractivity contribution in [2.24, 2.45) is 18.9 Å². The van der Waals surface area contributed by atoms with Crippen molar-refractivity contribution in [3.63, 3.8) is 0 Å². The minimum absolute atomic E-state index is 0.213. The van der Waals surface area contributed by atoms with E-state index in [4.69, 9.17) is 4.74 Å². The smallest absolute Gasteiger partial charge is 0.310 e. The van der Waals surface area contributed by atoms with E-state index in [0.29, 0.717) is 0 Å². The summed E-state index contributed by atoms with van der Waals surface area (Å²) in [5.74, 6) is -2.52. The summed E-state index contributed by atoms with van der Waals surface area (Å²) in [6, 6.07) is -0.213. The van der Waals surface area contributed by atoms with Gasteiger partial charge < -0.3 is 15.2 Å². The van der Waals surface area contributed by atoms with E-state index in [2.05, 4.69) is 10.4 Å². The first-order valence-electron chi connectivity index (χ1n) is 7.57. The molecule has 5 atom stereocenters. The van der Waals surface area contributed by atoms with E-state index in [9.17, 15) is 14.7 Å². The third-order valence-corrected chi connectivity index (χ3v) is 4.96. The van der Waals surface area contributed by atoms with Gasteiger partial charge in [0.2, 0.25) is 5.91 Å². The second kappa shape index (κ2) is 5.39. The molecule has 1 aromatic heterocycles. The Labute approximate surface area is 128 Å². The Kier molecular flexibility index (Phi) is 3.68. The lowest BCUT2D eigenvalue weighted by atomic mass is 9.78. The Hall–Kier alpha value is -1.89. The van der Waals surface area contributed by atoms with Crippen LogP contribution in [0.1, 0.15) is 37.1 Å². The summed E-state index contributed by atoms with van der Waals surface area (Å²) in [6.45, 7) is 3.82. The molecule has 1 amide bonds. The average Bonchev–Trinajstić information content (AvgIpc) is 3.14. The summed E-state index contributed by atoms with van der Waals surface area (Å²) < 4.78 is 7.39. The van der Waals surface area contributed by atoms with Gasteiger partial charge in [-0.3, -0.25) is 14.3 Å². The van der Waals surface area contributed by atoms with Crippen LogP contribution in [0.5, 0.6) is 0 Å². The number of nitrogens with zero attached hydrogens (tertiary/aromatic N) is 2. The maximum atomic E-state index is 12.6. The molecule has 7 heteroatoms. The molecule has 0 unspecified atom stereocenters. The number of aryl methyl sites for hydroxylation is 1. The van der Waals surface area contributed by atoms with Crippen LogP contribution in [0, 0.1) is 18.8 Å². The van der Waals surface area contributed by atoms with E-state index >= 15 is 0 Å².